The van der Waals surface area contributed by atoms with E-state index in [4.69, 9.17) is 4.74 Å². The molecule has 1 aromatic rings. The van der Waals surface area contributed by atoms with Crippen LogP contribution in [0, 0.1) is 5.92 Å². The molecule has 2 aliphatic heterocycles. The number of halogens is 2. The summed E-state index contributed by atoms with van der Waals surface area (Å²) in [5.41, 5.74) is 0.998. The van der Waals surface area contributed by atoms with E-state index in [9.17, 15) is 13.6 Å². The van der Waals surface area contributed by atoms with E-state index < -0.39 is 18.0 Å². The number of aromatic nitrogens is 2. The van der Waals surface area contributed by atoms with E-state index in [2.05, 4.69) is 15.2 Å². The monoisotopic (exact) mass is 354 g/mol. The van der Waals surface area contributed by atoms with Gasteiger partial charge in [-0.3, -0.25) is 9.69 Å². The maximum absolute atomic E-state index is 13.0. The van der Waals surface area contributed by atoms with Gasteiger partial charge < -0.3 is 14.6 Å². The van der Waals surface area contributed by atoms with Crippen molar-refractivity contribution in [1.82, 2.24) is 19.8 Å². The van der Waals surface area contributed by atoms with Crippen molar-refractivity contribution in [2.24, 2.45) is 5.92 Å². The Balaban J connectivity index is 1.40. The first-order chi connectivity index (χ1) is 12.0. The Labute approximate surface area is 145 Å². The van der Waals surface area contributed by atoms with Crippen LogP contribution in [0.25, 0.3) is 0 Å². The molecule has 1 amide bonds. The zero-order chi connectivity index (χ0) is 17.4. The lowest BCUT2D eigenvalue weighted by molar-refractivity contribution is -0.133. The highest BCUT2D eigenvalue weighted by Crippen LogP contribution is 2.37. The van der Waals surface area contributed by atoms with Gasteiger partial charge in [0.25, 0.3) is 5.92 Å². The zero-order valence-corrected chi connectivity index (χ0v) is 14.2. The summed E-state index contributed by atoms with van der Waals surface area (Å²) >= 11 is 0. The Morgan fingerprint density at radius 1 is 1.36 bits per heavy atom. The van der Waals surface area contributed by atoms with E-state index in [1.165, 1.54) is 0 Å². The summed E-state index contributed by atoms with van der Waals surface area (Å²) in [6.45, 7) is 3.89. The molecular formula is C17H24F2N4O2. The Hall–Kier alpha value is -1.54. The minimum absolute atomic E-state index is 0.184. The number of nitrogens with one attached hydrogen (secondary N) is 1. The Morgan fingerprint density at radius 2 is 2.12 bits per heavy atom. The van der Waals surface area contributed by atoms with Gasteiger partial charge in [-0.1, -0.05) is 0 Å². The molecule has 6 nitrogen and oxygen atoms in total. The molecule has 4 rings (SSSR count). The lowest BCUT2D eigenvalue weighted by atomic mass is 9.88. The SMILES string of the molecule is O=C(NC1CC(F)(F)C1)[C@H]1CN(CC2CCOCC2)Cc2cncn21. The molecule has 2 fully saturated rings. The fourth-order valence-corrected chi connectivity index (χ4v) is 4.06. The van der Waals surface area contributed by atoms with Gasteiger partial charge in [0.05, 0.1) is 12.0 Å². The molecule has 1 saturated heterocycles. The number of carbonyl (C=O) groups excluding carboxylic acids is 1. The van der Waals surface area contributed by atoms with Gasteiger partial charge in [-0.2, -0.15) is 0 Å². The van der Waals surface area contributed by atoms with E-state index in [0.717, 1.165) is 44.8 Å². The maximum atomic E-state index is 13.0. The number of rotatable bonds is 4. The number of hydrogen-bond acceptors (Lipinski definition) is 4. The van der Waals surface area contributed by atoms with Gasteiger partial charge in [0, 0.05) is 57.9 Å². The number of nitrogens with zero attached hydrogens (tertiary/aromatic N) is 3. The minimum atomic E-state index is -2.63. The van der Waals surface area contributed by atoms with Crippen molar-refractivity contribution in [1.29, 1.82) is 0 Å². The number of hydrogen-bond donors (Lipinski definition) is 1. The van der Waals surface area contributed by atoms with E-state index in [1.807, 2.05) is 4.57 Å². The molecule has 0 spiro atoms. The van der Waals surface area contributed by atoms with Crippen LogP contribution in [0.5, 0.6) is 0 Å². The Morgan fingerprint density at radius 3 is 2.84 bits per heavy atom. The van der Waals surface area contributed by atoms with Crippen LogP contribution in [-0.2, 0) is 16.1 Å². The van der Waals surface area contributed by atoms with Gasteiger partial charge in [-0.15, -0.1) is 0 Å². The molecule has 0 aromatic carbocycles. The molecule has 0 unspecified atom stereocenters. The molecule has 138 valence electrons. The summed E-state index contributed by atoms with van der Waals surface area (Å²) in [5, 5.41) is 2.78. The Kier molecular flexibility index (Phi) is 4.49. The normalized spacial score (nSPS) is 27.5. The molecule has 25 heavy (non-hydrogen) atoms. The van der Waals surface area contributed by atoms with Gasteiger partial charge >= 0.3 is 0 Å². The number of carbonyl (C=O) groups is 1. The summed E-state index contributed by atoms with van der Waals surface area (Å²) in [6.07, 6.45) is 5.03. The number of amides is 1. The topological polar surface area (TPSA) is 59.4 Å². The average molecular weight is 354 g/mol. The molecular weight excluding hydrogens is 330 g/mol. The van der Waals surface area contributed by atoms with Gasteiger partial charge in [0.2, 0.25) is 5.91 Å². The van der Waals surface area contributed by atoms with Crippen molar-refractivity contribution in [2.75, 3.05) is 26.3 Å². The van der Waals surface area contributed by atoms with Crippen LogP contribution in [0.1, 0.15) is 37.4 Å². The molecule has 0 bridgehead atoms. The number of imidazole rings is 1. The van der Waals surface area contributed by atoms with Crippen LogP contribution in [0.2, 0.25) is 0 Å². The third kappa shape index (κ3) is 3.69. The van der Waals surface area contributed by atoms with Crippen molar-refractivity contribution >= 4 is 5.91 Å². The summed E-state index contributed by atoms with van der Waals surface area (Å²) in [4.78, 5) is 19.1. The van der Waals surface area contributed by atoms with Crippen LogP contribution in [-0.4, -0.2) is 58.6 Å². The second kappa shape index (κ2) is 6.64. The molecule has 3 aliphatic rings. The van der Waals surface area contributed by atoms with Crippen molar-refractivity contribution in [3.8, 4) is 0 Å². The third-order valence-corrected chi connectivity index (χ3v) is 5.50. The summed E-state index contributed by atoms with van der Waals surface area (Å²) in [6, 6.07) is -0.819. The smallest absolute Gasteiger partial charge is 0.252 e. The Bertz CT molecular complexity index is 622. The van der Waals surface area contributed by atoms with Gasteiger partial charge in [-0.05, 0) is 18.8 Å². The molecule has 1 N–H and O–H groups in total. The predicted octanol–water partition coefficient (Wildman–Crippen LogP) is 1.58. The summed E-state index contributed by atoms with van der Waals surface area (Å²) in [5.74, 6) is -2.23. The summed E-state index contributed by atoms with van der Waals surface area (Å²) in [7, 11) is 0. The van der Waals surface area contributed by atoms with Crippen molar-refractivity contribution in [3.05, 3.63) is 18.2 Å². The first kappa shape index (κ1) is 16.9. The average Bonchev–Trinajstić information content (AvgIpc) is 3.01. The highest BCUT2D eigenvalue weighted by molar-refractivity contribution is 5.81. The zero-order valence-electron chi connectivity index (χ0n) is 14.2. The van der Waals surface area contributed by atoms with E-state index in [0.29, 0.717) is 12.5 Å². The van der Waals surface area contributed by atoms with Crippen LogP contribution in [0.3, 0.4) is 0 Å². The molecule has 1 atom stereocenters. The quantitative estimate of drug-likeness (QED) is 0.892. The van der Waals surface area contributed by atoms with E-state index in [1.54, 1.807) is 12.5 Å². The van der Waals surface area contributed by atoms with Crippen molar-refractivity contribution in [2.45, 2.75) is 50.2 Å². The predicted molar refractivity (Wildman–Crippen MR) is 86.2 cm³/mol. The van der Waals surface area contributed by atoms with Crippen LogP contribution in [0.4, 0.5) is 8.78 Å². The number of fused-ring (bicyclic) bond motifs is 1. The fraction of sp³-hybridized carbons (Fsp3) is 0.765. The van der Waals surface area contributed by atoms with Gasteiger partial charge in [-0.25, -0.2) is 13.8 Å². The van der Waals surface area contributed by atoms with Gasteiger partial charge in [0.1, 0.15) is 6.04 Å². The van der Waals surface area contributed by atoms with Gasteiger partial charge in [0.15, 0.2) is 0 Å². The lowest BCUT2D eigenvalue weighted by Crippen LogP contribution is -2.54. The number of ether oxygens (including phenoxy) is 1. The van der Waals surface area contributed by atoms with Crippen LogP contribution in [0.15, 0.2) is 12.5 Å². The first-order valence-electron chi connectivity index (χ1n) is 8.99. The second-order valence-electron chi connectivity index (χ2n) is 7.53. The lowest BCUT2D eigenvalue weighted by Gasteiger charge is -2.39. The number of alkyl halides is 2. The van der Waals surface area contributed by atoms with Crippen LogP contribution < -0.4 is 5.32 Å². The first-order valence-corrected chi connectivity index (χ1v) is 8.99. The molecule has 3 heterocycles. The van der Waals surface area contributed by atoms with E-state index in [-0.39, 0.29) is 18.7 Å². The molecule has 1 saturated carbocycles. The summed E-state index contributed by atoms with van der Waals surface area (Å²) < 4.78 is 33.3. The molecule has 1 aliphatic carbocycles. The third-order valence-electron chi connectivity index (χ3n) is 5.50. The molecule has 1 aromatic heterocycles. The highest BCUT2D eigenvalue weighted by Gasteiger charge is 2.46. The molecule has 0 radical (unpaired) electrons. The second-order valence-corrected chi connectivity index (χ2v) is 7.53. The van der Waals surface area contributed by atoms with E-state index >= 15 is 0 Å². The minimum Gasteiger partial charge on any atom is -0.381 e. The highest BCUT2D eigenvalue weighted by atomic mass is 19.3. The largest absolute Gasteiger partial charge is 0.381 e. The fourth-order valence-electron chi connectivity index (χ4n) is 4.06. The molecule has 8 heteroatoms. The standard InChI is InChI=1S/C17H24F2N4O2/c18-17(19)5-13(6-17)21-16(24)15-10-22(8-12-1-3-25-4-2-12)9-14-7-20-11-23(14)15/h7,11-13,15H,1-6,8-10H2,(H,21,24)/t15-/m1/s1. The van der Waals surface area contributed by atoms with Crippen LogP contribution >= 0.6 is 0 Å². The van der Waals surface area contributed by atoms with Crippen molar-refractivity contribution < 1.29 is 18.3 Å². The maximum Gasteiger partial charge on any atom is 0.252 e. The van der Waals surface area contributed by atoms with Crippen molar-refractivity contribution in [3.63, 3.8) is 0 Å².